The fraction of sp³-hybridized carbons (Fsp3) is 0.583. The highest BCUT2D eigenvalue weighted by Crippen LogP contribution is 2.59. The molecule has 2 atom stereocenters. The summed E-state index contributed by atoms with van der Waals surface area (Å²) in [5, 5.41) is 11.1. The highest BCUT2D eigenvalue weighted by Gasteiger charge is 2.62. The Morgan fingerprint density at radius 2 is 1.97 bits per heavy atom. The molecule has 0 spiro atoms. The highest BCUT2D eigenvalue weighted by molar-refractivity contribution is 5.90. The number of carbonyl (C=O) groups excluding carboxylic acids is 2. The minimum atomic E-state index is -0.487. The number of fused-ring (bicyclic) bond motifs is 1. The Morgan fingerprint density at radius 1 is 1.26 bits per heavy atom. The molecule has 164 valence electrons. The number of likely N-dealkylation sites (tertiary alicyclic amines) is 1. The van der Waals surface area contributed by atoms with Crippen molar-refractivity contribution in [3.63, 3.8) is 0 Å². The number of terminal acetylenes is 1. The summed E-state index contributed by atoms with van der Waals surface area (Å²) < 4.78 is 5.52. The third-order valence-corrected chi connectivity index (χ3v) is 6.35. The Bertz CT molecular complexity index is 935. The average Bonchev–Trinajstić information content (AvgIpc) is 3.61. The molecule has 1 aliphatic carbocycles. The summed E-state index contributed by atoms with van der Waals surface area (Å²) in [6, 6.07) is 8.00. The maximum absolute atomic E-state index is 12.4. The van der Waals surface area contributed by atoms with Crippen molar-refractivity contribution in [2.45, 2.75) is 69.6 Å². The summed E-state index contributed by atoms with van der Waals surface area (Å²) in [5.74, 6) is 3.02. The topological polar surface area (TPSA) is 83.4 Å². The maximum atomic E-state index is 12.4. The number of hydrogen-bond acceptors (Lipinski definition) is 5. The number of benzene rings is 1. The molecule has 2 aliphatic heterocycles. The Hall–Kier alpha value is -2.88. The second kappa shape index (κ2) is 7.67. The first-order valence-corrected chi connectivity index (χ1v) is 10.9. The van der Waals surface area contributed by atoms with Crippen molar-refractivity contribution in [3.8, 4) is 12.3 Å². The number of ether oxygens (including phenoxy) is 1. The van der Waals surface area contributed by atoms with E-state index < -0.39 is 11.3 Å². The van der Waals surface area contributed by atoms with Crippen molar-refractivity contribution in [1.82, 2.24) is 4.90 Å². The van der Waals surface area contributed by atoms with E-state index in [9.17, 15) is 9.59 Å². The zero-order chi connectivity index (χ0) is 22.3. The van der Waals surface area contributed by atoms with Crippen LogP contribution < -0.4 is 5.32 Å². The van der Waals surface area contributed by atoms with Crippen LogP contribution in [0.15, 0.2) is 34.5 Å². The molecule has 1 aromatic rings. The van der Waals surface area contributed by atoms with E-state index in [4.69, 9.17) is 11.2 Å². The molecule has 3 aliphatic rings. The summed E-state index contributed by atoms with van der Waals surface area (Å²) in [4.78, 5) is 26.5. The number of nitrogens with zero attached hydrogens (tertiary/aromatic N) is 3. The van der Waals surface area contributed by atoms with Crippen LogP contribution >= 0.6 is 0 Å². The number of nitrogens with one attached hydrogen (secondary N) is 1. The van der Waals surface area contributed by atoms with Crippen LogP contribution in [0.25, 0.3) is 0 Å². The van der Waals surface area contributed by atoms with E-state index in [0.29, 0.717) is 38.1 Å². The Kier molecular flexibility index (Phi) is 5.28. The number of anilines is 1. The standard InChI is InChI=1S/C24H30N4O3/c1-5-6-12-24(26-27-24)13-11-20(29)25-19-9-7-17(8-10-19)23-14-18(23)15-28(16-23)21(30)31-22(2,3)4/h1,7-10,18H,6,11-16H2,2-4H3,(H,25,29)/t18-,23+/m0/s1. The van der Waals surface area contributed by atoms with Gasteiger partial charge in [0.25, 0.3) is 0 Å². The molecule has 2 heterocycles. The van der Waals surface area contributed by atoms with Crippen LogP contribution in [-0.4, -0.2) is 41.3 Å². The molecular weight excluding hydrogens is 392 g/mol. The Balaban J connectivity index is 1.29. The molecule has 1 saturated carbocycles. The van der Waals surface area contributed by atoms with Gasteiger partial charge < -0.3 is 15.0 Å². The summed E-state index contributed by atoms with van der Waals surface area (Å²) in [7, 11) is 0. The molecule has 0 unspecified atom stereocenters. The fourth-order valence-corrected chi connectivity index (χ4v) is 4.49. The zero-order valence-electron chi connectivity index (χ0n) is 18.5. The van der Waals surface area contributed by atoms with Gasteiger partial charge in [0.05, 0.1) is 0 Å². The molecule has 1 N–H and O–H groups in total. The van der Waals surface area contributed by atoms with Crippen molar-refractivity contribution in [2.24, 2.45) is 16.1 Å². The molecule has 31 heavy (non-hydrogen) atoms. The van der Waals surface area contributed by atoms with Crippen molar-refractivity contribution in [1.29, 1.82) is 0 Å². The molecule has 0 aromatic heterocycles. The fourth-order valence-electron chi connectivity index (χ4n) is 4.49. The van der Waals surface area contributed by atoms with E-state index in [-0.39, 0.29) is 17.4 Å². The number of carbonyl (C=O) groups is 2. The molecule has 1 aromatic carbocycles. The van der Waals surface area contributed by atoms with Crippen molar-refractivity contribution >= 4 is 17.7 Å². The van der Waals surface area contributed by atoms with Crippen LogP contribution in [0, 0.1) is 18.3 Å². The minimum Gasteiger partial charge on any atom is -0.444 e. The van der Waals surface area contributed by atoms with Crippen LogP contribution in [0.2, 0.25) is 0 Å². The number of amides is 2. The normalized spacial score (nSPS) is 24.8. The molecule has 2 amide bonds. The van der Waals surface area contributed by atoms with E-state index in [2.05, 4.69) is 33.6 Å². The van der Waals surface area contributed by atoms with Crippen LogP contribution in [0.3, 0.4) is 0 Å². The van der Waals surface area contributed by atoms with Crippen LogP contribution in [0.5, 0.6) is 0 Å². The molecule has 7 nitrogen and oxygen atoms in total. The second-order valence-corrected chi connectivity index (χ2v) is 9.93. The average molecular weight is 423 g/mol. The summed E-state index contributed by atoms with van der Waals surface area (Å²) >= 11 is 0. The largest absolute Gasteiger partial charge is 0.444 e. The molecule has 7 heteroatoms. The van der Waals surface area contributed by atoms with E-state index in [1.807, 2.05) is 37.8 Å². The first-order chi connectivity index (χ1) is 14.6. The third-order valence-electron chi connectivity index (χ3n) is 6.35. The molecule has 1 saturated heterocycles. The summed E-state index contributed by atoms with van der Waals surface area (Å²) in [6.07, 6.45) is 8.41. The van der Waals surface area contributed by atoms with Crippen LogP contribution in [0.1, 0.15) is 58.4 Å². The van der Waals surface area contributed by atoms with E-state index in [1.165, 1.54) is 5.56 Å². The molecule has 0 radical (unpaired) electrons. The molecule has 0 bridgehead atoms. The van der Waals surface area contributed by atoms with Crippen molar-refractivity contribution in [3.05, 3.63) is 29.8 Å². The predicted molar refractivity (Wildman–Crippen MR) is 118 cm³/mol. The van der Waals surface area contributed by atoms with Gasteiger partial charge in [0.1, 0.15) is 5.60 Å². The number of piperidine rings is 1. The number of hydrogen-bond donors (Lipinski definition) is 1. The second-order valence-electron chi connectivity index (χ2n) is 9.93. The Morgan fingerprint density at radius 3 is 2.58 bits per heavy atom. The quantitative estimate of drug-likeness (QED) is 0.657. The summed E-state index contributed by atoms with van der Waals surface area (Å²) in [6.45, 7) is 7.08. The molecule has 2 fully saturated rings. The summed E-state index contributed by atoms with van der Waals surface area (Å²) in [5.41, 5.74) is 1.09. The Labute approximate surface area is 183 Å². The van der Waals surface area contributed by atoms with Crippen molar-refractivity contribution in [2.75, 3.05) is 18.4 Å². The van der Waals surface area contributed by atoms with E-state index in [1.54, 1.807) is 0 Å². The highest BCUT2D eigenvalue weighted by atomic mass is 16.6. The third kappa shape index (κ3) is 4.73. The van der Waals surface area contributed by atoms with Gasteiger partial charge in [-0.15, -0.1) is 12.3 Å². The lowest BCUT2D eigenvalue weighted by Gasteiger charge is -2.26. The van der Waals surface area contributed by atoms with E-state index in [0.717, 1.165) is 18.7 Å². The van der Waals surface area contributed by atoms with Gasteiger partial charge in [-0.2, -0.15) is 10.2 Å². The van der Waals surface area contributed by atoms with Gasteiger partial charge in [-0.25, -0.2) is 4.79 Å². The monoisotopic (exact) mass is 422 g/mol. The van der Waals surface area contributed by atoms with Crippen LogP contribution in [-0.2, 0) is 14.9 Å². The molecular formula is C24H30N4O3. The zero-order valence-corrected chi connectivity index (χ0v) is 18.5. The SMILES string of the molecule is C#CCCC1(CCC(=O)Nc2ccc([C@]34C[C@H]3CN(C(=O)OC(C)(C)C)C4)cc2)N=N1. The maximum Gasteiger partial charge on any atom is 0.410 e. The smallest absolute Gasteiger partial charge is 0.410 e. The van der Waals surface area contributed by atoms with Crippen LogP contribution in [0.4, 0.5) is 10.5 Å². The minimum absolute atomic E-state index is 0.0256. The van der Waals surface area contributed by atoms with Gasteiger partial charge in [-0.3, -0.25) is 4.79 Å². The van der Waals surface area contributed by atoms with Gasteiger partial charge in [0.15, 0.2) is 5.66 Å². The molecule has 4 rings (SSSR count). The van der Waals surface area contributed by atoms with Gasteiger partial charge in [0.2, 0.25) is 5.91 Å². The first kappa shape index (κ1) is 21.4. The van der Waals surface area contributed by atoms with E-state index >= 15 is 0 Å². The lowest BCUT2D eigenvalue weighted by molar-refractivity contribution is -0.116. The lowest BCUT2D eigenvalue weighted by atomic mass is 9.95. The van der Waals surface area contributed by atoms with Gasteiger partial charge in [-0.1, -0.05) is 12.1 Å². The van der Waals surface area contributed by atoms with Gasteiger partial charge >= 0.3 is 6.09 Å². The van der Waals surface area contributed by atoms with Gasteiger partial charge in [0, 0.05) is 49.9 Å². The van der Waals surface area contributed by atoms with Gasteiger partial charge in [-0.05, 0) is 50.8 Å². The number of rotatable bonds is 7. The first-order valence-electron chi connectivity index (χ1n) is 10.9. The van der Waals surface area contributed by atoms with Crippen molar-refractivity contribution < 1.29 is 14.3 Å². The predicted octanol–water partition coefficient (Wildman–Crippen LogP) is 4.49. The lowest BCUT2D eigenvalue weighted by Crippen LogP contribution is -2.37.